The Balaban J connectivity index is 1.40. The molecule has 1 N–H and O–H groups in total. The molecule has 1 amide bonds. The van der Waals surface area contributed by atoms with Gasteiger partial charge < -0.3 is 5.32 Å². The van der Waals surface area contributed by atoms with Crippen molar-refractivity contribution >= 4 is 17.7 Å². The van der Waals surface area contributed by atoms with E-state index in [1.807, 2.05) is 0 Å². The van der Waals surface area contributed by atoms with Crippen molar-refractivity contribution in [1.82, 2.24) is 10.2 Å². The van der Waals surface area contributed by atoms with Crippen molar-refractivity contribution < 1.29 is 4.79 Å². The van der Waals surface area contributed by atoms with Crippen LogP contribution in [0.4, 0.5) is 0 Å². The van der Waals surface area contributed by atoms with Crippen molar-refractivity contribution in [3.63, 3.8) is 0 Å². The van der Waals surface area contributed by atoms with Gasteiger partial charge in [0, 0.05) is 18.8 Å². The predicted octanol–water partition coefficient (Wildman–Crippen LogP) is 4.84. The van der Waals surface area contributed by atoms with Gasteiger partial charge in [-0.05, 0) is 56.5 Å². The van der Waals surface area contributed by atoms with Gasteiger partial charge >= 0.3 is 0 Å². The van der Waals surface area contributed by atoms with Crippen LogP contribution >= 0.6 is 11.8 Å². The molecule has 3 rings (SSSR count). The van der Waals surface area contributed by atoms with Crippen LogP contribution in [-0.4, -0.2) is 29.6 Å². The minimum Gasteiger partial charge on any atom is -0.351 e. The van der Waals surface area contributed by atoms with Crippen LogP contribution in [0.25, 0.3) is 0 Å². The number of aryl methyl sites for hydroxylation is 2. The fourth-order valence-electron chi connectivity index (χ4n) is 3.88. The van der Waals surface area contributed by atoms with E-state index in [9.17, 15) is 4.79 Å². The average molecular weight is 397 g/mol. The molecule has 4 heteroatoms. The molecule has 2 aromatic rings. The monoisotopic (exact) mass is 396 g/mol. The van der Waals surface area contributed by atoms with Gasteiger partial charge in [-0.1, -0.05) is 60.0 Å². The number of benzene rings is 2. The number of carbonyl (C=O) groups excluding carboxylic acids is 1. The van der Waals surface area contributed by atoms with Crippen LogP contribution < -0.4 is 5.32 Å². The second-order valence-electron chi connectivity index (χ2n) is 7.92. The molecule has 0 spiro atoms. The first-order valence-electron chi connectivity index (χ1n) is 10.3. The zero-order valence-electron chi connectivity index (χ0n) is 17.2. The lowest BCUT2D eigenvalue weighted by atomic mass is 10.1. The van der Waals surface area contributed by atoms with Gasteiger partial charge in [0.15, 0.2) is 0 Å². The Hall–Kier alpha value is -1.78. The molecule has 0 atom stereocenters. The molecule has 0 saturated carbocycles. The fourth-order valence-corrected chi connectivity index (χ4v) is 4.67. The summed E-state index contributed by atoms with van der Waals surface area (Å²) in [6, 6.07) is 15.2. The number of thioether (sulfide) groups is 1. The molecule has 1 saturated heterocycles. The number of amides is 1. The van der Waals surface area contributed by atoms with Crippen molar-refractivity contribution in [1.29, 1.82) is 0 Å². The lowest BCUT2D eigenvalue weighted by molar-refractivity contribution is -0.118. The summed E-state index contributed by atoms with van der Waals surface area (Å²) < 4.78 is 0. The lowest BCUT2D eigenvalue weighted by Gasteiger charge is -2.26. The van der Waals surface area contributed by atoms with Crippen molar-refractivity contribution in [3.05, 3.63) is 70.3 Å². The molecule has 0 aromatic heterocycles. The smallest absolute Gasteiger partial charge is 0.230 e. The van der Waals surface area contributed by atoms with Gasteiger partial charge in [0.1, 0.15) is 0 Å². The largest absolute Gasteiger partial charge is 0.351 e. The highest BCUT2D eigenvalue weighted by molar-refractivity contribution is 7.99. The van der Waals surface area contributed by atoms with E-state index in [1.54, 1.807) is 11.8 Å². The second-order valence-corrected chi connectivity index (χ2v) is 8.91. The van der Waals surface area contributed by atoms with E-state index in [2.05, 4.69) is 66.5 Å². The number of piperidine rings is 1. The van der Waals surface area contributed by atoms with Crippen LogP contribution in [0.3, 0.4) is 0 Å². The summed E-state index contributed by atoms with van der Waals surface area (Å²) in [4.78, 5) is 14.7. The fraction of sp³-hybridized carbons (Fsp3) is 0.458. The number of carbonyl (C=O) groups is 1. The molecule has 0 bridgehead atoms. The Bertz CT molecular complexity index is 764. The van der Waals surface area contributed by atoms with E-state index in [1.165, 1.54) is 60.2 Å². The van der Waals surface area contributed by atoms with Crippen LogP contribution in [0.1, 0.15) is 47.1 Å². The maximum absolute atomic E-state index is 12.2. The summed E-state index contributed by atoms with van der Waals surface area (Å²) in [7, 11) is 0. The molecule has 0 aliphatic carbocycles. The van der Waals surface area contributed by atoms with Crippen LogP contribution in [0.5, 0.6) is 0 Å². The number of rotatable bonds is 8. The van der Waals surface area contributed by atoms with Crippen molar-refractivity contribution in [3.8, 4) is 0 Å². The molecule has 3 nitrogen and oxygen atoms in total. The van der Waals surface area contributed by atoms with Gasteiger partial charge in [-0.15, -0.1) is 11.8 Å². The molecule has 1 aliphatic rings. The Morgan fingerprint density at radius 1 is 0.964 bits per heavy atom. The van der Waals surface area contributed by atoms with Gasteiger partial charge in [0.05, 0.1) is 5.75 Å². The summed E-state index contributed by atoms with van der Waals surface area (Å²) in [6.45, 7) is 8.28. The quantitative estimate of drug-likeness (QED) is 0.693. The molecule has 28 heavy (non-hydrogen) atoms. The first-order chi connectivity index (χ1) is 13.6. The molecule has 2 aromatic carbocycles. The summed E-state index contributed by atoms with van der Waals surface area (Å²) in [5.41, 5.74) is 6.38. The number of hydrogen-bond donors (Lipinski definition) is 1. The minimum absolute atomic E-state index is 0.107. The Morgan fingerprint density at radius 3 is 2.43 bits per heavy atom. The molecular formula is C24H32N2OS. The summed E-state index contributed by atoms with van der Waals surface area (Å²) >= 11 is 1.67. The van der Waals surface area contributed by atoms with Crippen molar-refractivity contribution in [2.45, 2.75) is 52.0 Å². The topological polar surface area (TPSA) is 32.3 Å². The highest BCUT2D eigenvalue weighted by atomic mass is 32.2. The third-order valence-corrected chi connectivity index (χ3v) is 6.12. The number of nitrogens with zero attached hydrogens (tertiary/aromatic N) is 1. The first-order valence-corrected chi connectivity index (χ1v) is 11.5. The van der Waals surface area contributed by atoms with Gasteiger partial charge in [-0.25, -0.2) is 0 Å². The minimum atomic E-state index is 0.107. The number of nitrogens with one attached hydrogen (secondary N) is 1. The predicted molar refractivity (Wildman–Crippen MR) is 119 cm³/mol. The molecular weight excluding hydrogens is 364 g/mol. The van der Waals surface area contributed by atoms with Gasteiger partial charge in [0.25, 0.3) is 0 Å². The van der Waals surface area contributed by atoms with Crippen LogP contribution in [0.2, 0.25) is 0 Å². The van der Waals surface area contributed by atoms with Gasteiger partial charge in [-0.3, -0.25) is 9.69 Å². The third-order valence-electron chi connectivity index (χ3n) is 5.12. The number of hydrogen-bond acceptors (Lipinski definition) is 3. The van der Waals surface area contributed by atoms with E-state index in [0.717, 1.165) is 12.3 Å². The zero-order chi connectivity index (χ0) is 19.8. The van der Waals surface area contributed by atoms with E-state index in [4.69, 9.17) is 0 Å². The van der Waals surface area contributed by atoms with E-state index in [-0.39, 0.29) is 5.91 Å². The lowest BCUT2D eigenvalue weighted by Crippen LogP contribution is -2.29. The highest BCUT2D eigenvalue weighted by Gasteiger charge is 2.10. The molecule has 1 fully saturated rings. The maximum atomic E-state index is 12.2. The van der Waals surface area contributed by atoms with E-state index >= 15 is 0 Å². The Labute approximate surface area is 173 Å². The molecule has 0 unspecified atom stereocenters. The SMILES string of the molecule is Cc1cc(C)cc(CSCC(=O)NCc2cccc(CN3CCCCC3)c2)c1. The zero-order valence-corrected chi connectivity index (χ0v) is 18.0. The summed E-state index contributed by atoms with van der Waals surface area (Å²) in [5, 5.41) is 3.07. The van der Waals surface area contributed by atoms with Crippen LogP contribution in [0, 0.1) is 13.8 Å². The third kappa shape index (κ3) is 6.99. The maximum Gasteiger partial charge on any atom is 0.230 e. The Morgan fingerprint density at radius 2 is 1.68 bits per heavy atom. The standard InChI is InChI=1S/C24H32N2OS/c1-19-11-20(2)13-23(12-19)17-28-18-24(27)25-15-21-7-6-8-22(14-21)16-26-9-4-3-5-10-26/h6-8,11-14H,3-5,9-10,15-18H2,1-2H3,(H,25,27). The van der Waals surface area contributed by atoms with Gasteiger partial charge in [-0.2, -0.15) is 0 Å². The van der Waals surface area contributed by atoms with E-state index < -0.39 is 0 Å². The van der Waals surface area contributed by atoms with Crippen molar-refractivity contribution in [2.75, 3.05) is 18.8 Å². The molecule has 150 valence electrons. The second kappa shape index (κ2) is 10.7. The van der Waals surface area contributed by atoms with Crippen LogP contribution in [0.15, 0.2) is 42.5 Å². The van der Waals surface area contributed by atoms with Gasteiger partial charge in [0.2, 0.25) is 5.91 Å². The first kappa shape index (κ1) is 20.9. The van der Waals surface area contributed by atoms with Crippen LogP contribution in [-0.2, 0) is 23.6 Å². The van der Waals surface area contributed by atoms with E-state index in [0.29, 0.717) is 12.3 Å². The summed E-state index contributed by atoms with van der Waals surface area (Å²) in [5.74, 6) is 1.48. The average Bonchev–Trinajstić information content (AvgIpc) is 2.67. The highest BCUT2D eigenvalue weighted by Crippen LogP contribution is 2.16. The molecule has 1 heterocycles. The molecule has 0 radical (unpaired) electrons. The normalized spacial score (nSPS) is 14.8. The van der Waals surface area contributed by atoms with Crippen molar-refractivity contribution in [2.24, 2.45) is 0 Å². The molecule has 1 aliphatic heterocycles. The number of likely N-dealkylation sites (tertiary alicyclic amines) is 1. The summed E-state index contributed by atoms with van der Waals surface area (Å²) in [6.07, 6.45) is 4.00. The Kier molecular flexibility index (Phi) is 7.99.